The van der Waals surface area contributed by atoms with Gasteiger partial charge in [-0.15, -0.1) is 0 Å². The number of amides is 1. The topological polar surface area (TPSA) is 69.0 Å². The van der Waals surface area contributed by atoms with Gasteiger partial charge in [0, 0.05) is 7.05 Å². The van der Waals surface area contributed by atoms with E-state index in [1.807, 2.05) is 18.2 Å². The molecule has 0 radical (unpaired) electrons. The smallest absolute Gasteiger partial charge is 0.290 e. The second kappa shape index (κ2) is 7.62. The average Bonchev–Trinajstić information content (AvgIpc) is 2.99. The number of ether oxygens (including phenoxy) is 2. The summed E-state index contributed by atoms with van der Waals surface area (Å²) < 4.78 is 17.1. The first-order chi connectivity index (χ1) is 14.1. The van der Waals surface area contributed by atoms with E-state index in [2.05, 4.69) is 6.92 Å². The van der Waals surface area contributed by atoms with Crippen LogP contribution in [-0.4, -0.2) is 31.6 Å². The molecule has 1 aliphatic rings. The van der Waals surface area contributed by atoms with E-state index in [0.717, 1.165) is 18.4 Å². The van der Waals surface area contributed by atoms with Crippen LogP contribution in [0.3, 0.4) is 0 Å². The van der Waals surface area contributed by atoms with E-state index < -0.39 is 6.04 Å². The van der Waals surface area contributed by atoms with Crippen LogP contribution < -0.4 is 14.9 Å². The number of rotatable bonds is 6. The summed E-state index contributed by atoms with van der Waals surface area (Å²) in [7, 11) is 3.25. The highest BCUT2D eigenvalue weighted by Crippen LogP contribution is 2.40. The minimum atomic E-state index is -0.544. The van der Waals surface area contributed by atoms with Gasteiger partial charge < -0.3 is 18.8 Å². The van der Waals surface area contributed by atoms with Crippen LogP contribution in [0.4, 0.5) is 0 Å². The van der Waals surface area contributed by atoms with Crippen LogP contribution in [0.2, 0.25) is 0 Å². The molecule has 1 aromatic heterocycles. The second-order valence-electron chi connectivity index (χ2n) is 7.10. The lowest BCUT2D eigenvalue weighted by Gasteiger charge is -2.21. The lowest BCUT2D eigenvalue weighted by atomic mass is 9.98. The first-order valence-electron chi connectivity index (χ1n) is 9.70. The molecule has 0 saturated carbocycles. The minimum Gasteiger partial charge on any atom is -0.493 e. The molecule has 4 rings (SSSR count). The normalized spacial score (nSPS) is 15.6. The van der Waals surface area contributed by atoms with Crippen LogP contribution in [0.5, 0.6) is 11.5 Å². The molecule has 2 aromatic carbocycles. The Morgan fingerprint density at radius 3 is 2.66 bits per heavy atom. The number of hydrogen-bond donors (Lipinski definition) is 0. The van der Waals surface area contributed by atoms with Crippen molar-refractivity contribution in [2.24, 2.45) is 0 Å². The molecule has 3 aromatic rings. The highest BCUT2D eigenvalue weighted by molar-refractivity contribution is 5.98. The summed E-state index contributed by atoms with van der Waals surface area (Å²) >= 11 is 0. The van der Waals surface area contributed by atoms with Crippen molar-refractivity contribution in [1.82, 2.24) is 4.90 Å². The number of unbranched alkanes of at least 4 members (excludes halogenated alkanes) is 1. The number of benzene rings is 2. The predicted octanol–water partition coefficient (Wildman–Crippen LogP) is 4.16. The summed E-state index contributed by atoms with van der Waals surface area (Å²) in [6.45, 7) is 2.70. The Morgan fingerprint density at radius 2 is 1.90 bits per heavy atom. The molecule has 0 bridgehead atoms. The van der Waals surface area contributed by atoms with Crippen molar-refractivity contribution >= 4 is 16.9 Å². The molecule has 6 nitrogen and oxygen atoms in total. The van der Waals surface area contributed by atoms with Gasteiger partial charge in [-0.05, 0) is 36.2 Å². The summed E-state index contributed by atoms with van der Waals surface area (Å²) in [5, 5.41) is 0.464. The van der Waals surface area contributed by atoms with Crippen molar-refractivity contribution < 1.29 is 18.7 Å². The van der Waals surface area contributed by atoms with Crippen molar-refractivity contribution in [1.29, 1.82) is 0 Å². The van der Waals surface area contributed by atoms with Gasteiger partial charge in [0.15, 0.2) is 16.9 Å². The third-order valence-electron chi connectivity index (χ3n) is 5.27. The Balaban J connectivity index is 1.82. The van der Waals surface area contributed by atoms with Gasteiger partial charge in [-0.25, -0.2) is 0 Å². The summed E-state index contributed by atoms with van der Waals surface area (Å²) in [4.78, 5) is 27.5. The maximum Gasteiger partial charge on any atom is 0.290 e. The fraction of sp³-hybridized carbons (Fsp3) is 0.304. The van der Waals surface area contributed by atoms with Gasteiger partial charge in [-0.1, -0.05) is 31.5 Å². The maximum absolute atomic E-state index is 13.2. The van der Waals surface area contributed by atoms with Gasteiger partial charge in [0.2, 0.25) is 5.76 Å². The molecule has 0 saturated heterocycles. The monoisotopic (exact) mass is 393 g/mol. The van der Waals surface area contributed by atoms with E-state index in [1.54, 1.807) is 38.4 Å². The van der Waals surface area contributed by atoms with Crippen molar-refractivity contribution in [3.05, 3.63) is 69.6 Å². The maximum atomic E-state index is 13.2. The molecule has 1 aliphatic heterocycles. The number of carbonyl (C=O) groups is 1. The van der Waals surface area contributed by atoms with E-state index in [4.69, 9.17) is 13.9 Å². The Labute approximate surface area is 168 Å². The van der Waals surface area contributed by atoms with Gasteiger partial charge in [0.1, 0.15) is 5.58 Å². The first-order valence-corrected chi connectivity index (χ1v) is 9.70. The standard InChI is InChI=1S/C23H23NO5/c1-4-5-12-28-17-11-10-14(13-18(17)27-3)20-19-21(25)15-8-6-7-9-16(15)29-22(19)23(26)24(20)2/h6-11,13,20H,4-5,12H2,1-3H3. The van der Waals surface area contributed by atoms with Crippen LogP contribution in [0.1, 0.15) is 47.5 Å². The van der Waals surface area contributed by atoms with Gasteiger partial charge in [-0.3, -0.25) is 9.59 Å². The zero-order valence-corrected chi connectivity index (χ0v) is 16.7. The Kier molecular flexibility index (Phi) is 5.01. The fourth-order valence-electron chi connectivity index (χ4n) is 3.72. The SMILES string of the molecule is CCCCOc1ccc(C2c3c(oc4ccccc4c3=O)C(=O)N2C)cc1OC. The number of para-hydroxylation sites is 1. The van der Waals surface area contributed by atoms with Crippen LogP contribution in [0.25, 0.3) is 11.0 Å². The zero-order valence-electron chi connectivity index (χ0n) is 16.7. The van der Waals surface area contributed by atoms with E-state index in [1.165, 1.54) is 4.90 Å². The molecule has 0 spiro atoms. The summed E-state index contributed by atoms with van der Waals surface area (Å²) in [5.74, 6) is 0.999. The molecule has 2 heterocycles. The number of carbonyl (C=O) groups excluding carboxylic acids is 1. The average molecular weight is 393 g/mol. The lowest BCUT2D eigenvalue weighted by Crippen LogP contribution is -2.25. The van der Waals surface area contributed by atoms with E-state index >= 15 is 0 Å². The molecular weight excluding hydrogens is 370 g/mol. The molecule has 0 N–H and O–H groups in total. The van der Waals surface area contributed by atoms with Crippen LogP contribution in [-0.2, 0) is 0 Å². The summed E-state index contributed by atoms with van der Waals surface area (Å²) in [6, 6.07) is 11.9. The number of hydrogen-bond acceptors (Lipinski definition) is 5. The van der Waals surface area contributed by atoms with Crippen molar-refractivity contribution in [2.45, 2.75) is 25.8 Å². The molecular formula is C23H23NO5. The van der Waals surface area contributed by atoms with Crippen LogP contribution >= 0.6 is 0 Å². The molecule has 1 amide bonds. The van der Waals surface area contributed by atoms with E-state index in [-0.39, 0.29) is 17.1 Å². The highest BCUT2D eigenvalue weighted by atomic mass is 16.5. The predicted molar refractivity (Wildman–Crippen MR) is 110 cm³/mol. The van der Waals surface area contributed by atoms with Crippen LogP contribution in [0, 0.1) is 0 Å². The van der Waals surface area contributed by atoms with E-state index in [0.29, 0.717) is 34.6 Å². The molecule has 0 fully saturated rings. The van der Waals surface area contributed by atoms with Crippen molar-refractivity contribution in [3.8, 4) is 11.5 Å². The zero-order chi connectivity index (χ0) is 20.5. The van der Waals surface area contributed by atoms with Crippen LogP contribution in [0.15, 0.2) is 51.7 Å². The number of nitrogens with zero attached hydrogens (tertiary/aromatic N) is 1. The van der Waals surface area contributed by atoms with Crippen molar-refractivity contribution in [3.63, 3.8) is 0 Å². The van der Waals surface area contributed by atoms with Gasteiger partial charge in [-0.2, -0.15) is 0 Å². The van der Waals surface area contributed by atoms with Gasteiger partial charge >= 0.3 is 0 Å². The molecule has 1 unspecified atom stereocenters. The molecule has 29 heavy (non-hydrogen) atoms. The first kappa shape index (κ1) is 19.1. The second-order valence-corrected chi connectivity index (χ2v) is 7.10. The largest absolute Gasteiger partial charge is 0.493 e. The van der Waals surface area contributed by atoms with Gasteiger partial charge in [0.25, 0.3) is 5.91 Å². The summed E-state index contributed by atoms with van der Waals surface area (Å²) in [5.41, 5.74) is 1.35. The molecule has 0 aliphatic carbocycles. The summed E-state index contributed by atoms with van der Waals surface area (Å²) in [6.07, 6.45) is 1.99. The third kappa shape index (κ3) is 3.14. The Bertz CT molecular complexity index is 1130. The quantitative estimate of drug-likeness (QED) is 0.589. The third-order valence-corrected chi connectivity index (χ3v) is 5.27. The number of fused-ring (bicyclic) bond motifs is 2. The van der Waals surface area contributed by atoms with E-state index in [9.17, 15) is 9.59 Å². The molecule has 1 atom stereocenters. The lowest BCUT2D eigenvalue weighted by molar-refractivity contribution is 0.0771. The van der Waals surface area contributed by atoms with Crippen molar-refractivity contribution in [2.75, 3.05) is 20.8 Å². The molecule has 150 valence electrons. The Morgan fingerprint density at radius 1 is 1.10 bits per heavy atom. The highest BCUT2D eigenvalue weighted by Gasteiger charge is 2.40. The Hall–Kier alpha value is -3.28. The number of methoxy groups -OCH3 is 1. The van der Waals surface area contributed by atoms with Gasteiger partial charge in [0.05, 0.1) is 30.7 Å². The minimum absolute atomic E-state index is 0.100. The molecule has 6 heteroatoms. The fourth-order valence-corrected chi connectivity index (χ4v) is 3.72.